The number of piperidine rings is 1. The predicted octanol–water partition coefficient (Wildman–Crippen LogP) is 1.99. The molecule has 8 heteroatoms. The molecule has 1 fully saturated rings. The highest BCUT2D eigenvalue weighted by molar-refractivity contribution is 7.90. The number of aromatic nitrogens is 2. The summed E-state index contributed by atoms with van der Waals surface area (Å²) in [5.74, 6) is -0.0141. The maximum absolute atomic E-state index is 12.2. The van der Waals surface area contributed by atoms with Gasteiger partial charge in [-0.15, -0.1) is 0 Å². The highest BCUT2D eigenvalue weighted by Gasteiger charge is 2.29. The van der Waals surface area contributed by atoms with Crippen molar-refractivity contribution in [3.05, 3.63) is 18.0 Å². The highest BCUT2D eigenvalue weighted by Crippen LogP contribution is 2.27. The number of rotatable bonds is 2. The summed E-state index contributed by atoms with van der Waals surface area (Å²) >= 11 is 0. The summed E-state index contributed by atoms with van der Waals surface area (Å²) in [5.41, 5.74) is 0.108. The summed E-state index contributed by atoms with van der Waals surface area (Å²) in [6.07, 6.45) is 3.85. The number of hydrogen-bond acceptors (Lipinski definition) is 6. The number of nitrogens with zero attached hydrogens (tertiary/aromatic N) is 3. The first-order chi connectivity index (χ1) is 10.6. The fraction of sp³-hybridized carbons (Fsp3) is 0.667. The molecule has 0 spiro atoms. The van der Waals surface area contributed by atoms with Crippen molar-refractivity contribution in [2.45, 2.75) is 50.3 Å². The highest BCUT2D eigenvalue weighted by atomic mass is 32.2. The van der Waals surface area contributed by atoms with Crippen molar-refractivity contribution in [2.75, 3.05) is 19.3 Å². The second-order valence-electron chi connectivity index (χ2n) is 6.80. The lowest BCUT2D eigenvalue weighted by atomic mass is 9.95. The van der Waals surface area contributed by atoms with Gasteiger partial charge in [0, 0.05) is 37.2 Å². The second-order valence-corrected chi connectivity index (χ2v) is 8.71. The summed E-state index contributed by atoms with van der Waals surface area (Å²) in [6, 6.07) is 1.71. The van der Waals surface area contributed by atoms with Gasteiger partial charge in [0.2, 0.25) is 15.0 Å². The maximum Gasteiger partial charge on any atom is 0.410 e. The Morgan fingerprint density at radius 1 is 1.39 bits per heavy atom. The third kappa shape index (κ3) is 4.89. The van der Waals surface area contributed by atoms with Crippen molar-refractivity contribution in [1.82, 2.24) is 14.9 Å². The van der Waals surface area contributed by atoms with Crippen LogP contribution in [0.4, 0.5) is 4.79 Å². The SMILES string of the molecule is CC(C)(C)OC(=O)N1CCC[C@@H](c2ccnc(S(C)(=O)=O)n2)C1. The second kappa shape index (κ2) is 6.43. The van der Waals surface area contributed by atoms with E-state index in [1.807, 2.05) is 20.8 Å². The molecular formula is C15H23N3O4S. The Balaban J connectivity index is 2.14. The molecule has 7 nitrogen and oxygen atoms in total. The van der Waals surface area contributed by atoms with Gasteiger partial charge in [-0.3, -0.25) is 0 Å². The summed E-state index contributed by atoms with van der Waals surface area (Å²) in [6.45, 7) is 6.59. The van der Waals surface area contributed by atoms with Gasteiger partial charge in [-0.25, -0.2) is 23.2 Å². The Morgan fingerprint density at radius 3 is 2.70 bits per heavy atom. The van der Waals surface area contributed by atoms with Crippen molar-refractivity contribution >= 4 is 15.9 Å². The predicted molar refractivity (Wildman–Crippen MR) is 84.9 cm³/mol. The number of hydrogen-bond donors (Lipinski definition) is 0. The number of carbonyl (C=O) groups is 1. The summed E-state index contributed by atoms with van der Waals surface area (Å²) in [7, 11) is -3.45. The van der Waals surface area contributed by atoms with E-state index in [0.29, 0.717) is 18.8 Å². The monoisotopic (exact) mass is 341 g/mol. The van der Waals surface area contributed by atoms with Crippen molar-refractivity contribution in [2.24, 2.45) is 0 Å². The fourth-order valence-corrected chi connectivity index (χ4v) is 2.99. The lowest BCUT2D eigenvalue weighted by molar-refractivity contribution is 0.0197. The molecule has 0 unspecified atom stereocenters. The number of carbonyl (C=O) groups excluding carboxylic acids is 1. The van der Waals surface area contributed by atoms with Crippen LogP contribution in [-0.2, 0) is 14.6 Å². The molecule has 1 saturated heterocycles. The van der Waals surface area contributed by atoms with Gasteiger partial charge in [-0.2, -0.15) is 0 Å². The largest absolute Gasteiger partial charge is 0.444 e. The molecular weight excluding hydrogens is 318 g/mol. The molecule has 1 aliphatic heterocycles. The molecule has 0 aliphatic carbocycles. The van der Waals surface area contributed by atoms with Gasteiger partial charge in [-0.05, 0) is 39.7 Å². The third-order valence-electron chi connectivity index (χ3n) is 3.48. The molecule has 1 aromatic heterocycles. The first-order valence-electron chi connectivity index (χ1n) is 7.57. The Hall–Kier alpha value is -1.70. The molecule has 1 atom stereocenters. The van der Waals surface area contributed by atoms with Crippen LogP contribution in [0.3, 0.4) is 0 Å². The molecule has 0 bridgehead atoms. The quantitative estimate of drug-likeness (QED) is 0.764. The van der Waals surface area contributed by atoms with E-state index in [4.69, 9.17) is 4.74 Å². The molecule has 0 radical (unpaired) electrons. The third-order valence-corrected chi connectivity index (χ3v) is 4.34. The molecule has 1 amide bonds. The minimum absolute atomic E-state index is 0.0141. The lowest BCUT2D eigenvalue weighted by Crippen LogP contribution is -2.42. The summed E-state index contributed by atoms with van der Waals surface area (Å²) in [5, 5.41) is -0.176. The van der Waals surface area contributed by atoms with Gasteiger partial charge >= 0.3 is 6.09 Å². The van der Waals surface area contributed by atoms with Crippen LogP contribution in [0.25, 0.3) is 0 Å². The van der Waals surface area contributed by atoms with Gasteiger partial charge in [0.15, 0.2) is 0 Å². The first kappa shape index (κ1) is 17.7. The van der Waals surface area contributed by atoms with E-state index >= 15 is 0 Å². The van der Waals surface area contributed by atoms with Crippen molar-refractivity contribution in [3.8, 4) is 0 Å². The van der Waals surface area contributed by atoms with Gasteiger partial charge < -0.3 is 9.64 Å². The van der Waals surface area contributed by atoms with E-state index in [1.165, 1.54) is 6.20 Å². The molecule has 2 heterocycles. The zero-order valence-electron chi connectivity index (χ0n) is 13.9. The molecule has 1 aliphatic rings. The molecule has 128 valence electrons. The Kier molecular flexibility index (Phi) is 4.93. The fourth-order valence-electron chi connectivity index (χ4n) is 2.47. The van der Waals surface area contributed by atoms with Gasteiger partial charge in [-0.1, -0.05) is 0 Å². The number of sulfone groups is 1. The average Bonchev–Trinajstić information content (AvgIpc) is 2.45. The van der Waals surface area contributed by atoms with Crippen LogP contribution in [0, 0.1) is 0 Å². The van der Waals surface area contributed by atoms with E-state index in [0.717, 1.165) is 19.1 Å². The topological polar surface area (TPSA) is 89.5 Å². The Labute approximate surface area is 137 Å². The molecule has 2 rings (SSSR count). The van der Waals surface area contributed by atoms with Crippen LogP contribution < -0.4 is 0 Å². The van der Waals surface area contributed by atoms with E-state index in [2.05, 4.69) is 9.97 Å². The van der Waals surface area contributed by atoms with Crippen LogP contribution in [0.15, 0.2) is 17.4 Å². The smallest absolute Gasteiger partial charge is 0.410 e. The first-order valence-corrected chi connectivity index (χ1v) is 9.46. The molecule has 0 N–H and O–H groups in total. The maximum atomic E-state index is 12.2. The van der Waals surface area contributed by atoms with Crippen LogP contribution >= 0.6 is 0 Å². The number of amides is 1. The number of likely N-dealkylation sites (tertiary alicyclic amines) is 1. The molecule has 0 aromatic carbocycles. The average molecular weight is 341 g/mol. The van der Waals surface area contributed by atoms with Gasteiger partial charge in [0.05, 0.1) is 0 Å². The van der Waals surface area contributed by atoms with Crippen molar-refractivity contribution < 1.29 is 17.9 Å². The van der Waals surface area contributed by atoms with Crippen LogP contribution in [0.2, 0.25) is 0 Å². The standard InChI is InChI=1S/C15H23N3O4S/c1-15(2,3)22-14(19)18-9-5-6-11(10-18)12-7-8-16-13(17-12)23(4,20)21/h7-8,11H,5-6,9-10H2,1-4H3/t11-/m1/s1. The number of ether oxygens (including phenoxy) is 1. The van der Waals surface area contributed by atoms with E-state index in [1.54, 1.807) is 11.0 Å². The Morgan fingerprint density at radius 2 is 2.09 bits per heavy atom. The van der Waals surface area contributed by atoms with Crippen LogP contribution in [-0.4, -0.2) is 54.3 Å². The normalized spacial score (nSPS) is 19.5. The van der Waals surface area contributed by atoms with Crippen LogP contribution in [0.1, 0.15) is 45.2 Å². The van der Waals surface area contributed by atoms with E-state index < -0.39 is 15.4 Å². The zero-order valence-corrected chi connectivity index (χ0v) is 14.8. The molecule has 1 aromatic rings. The van der Waals surface area contributed by atoms with E-state index in [9.17, 15) is 13.2 Å². The summed E-state index contributed by atoms with van der Waals surface area (Å²) in [4.78, 5) is 21.8. The van der Waals surface area contributed by atoms with Crippen molar-refractivity contribution in [1.29, 1.82) is 0 Å². The minimum Gasteiger partial charge on any atom is -0.444 e. The minimum atomic E-state index is -3.45. The van der Waals surface area contributed by atoms with Gasteiger partial charge in [0.1, 0.15) is 5.60 Å². The van der Waals surface area contributed by atoms with Gasteiger partial charge in [0.25, 0.3) is 0 Å². The molecule has 23 heavy (non-hydrogen) atoms. The lowest BCUT2D eigenvalue weighted by Gasteiger charge is -2.33. The van der Waals surface area contributed by atoms with E-state index in [-0.39, 0.29) is 17.2 Å². The molecule has 0 saturated carbocycles. The summed E-state index contributed by atoms with van der Waals surface area (Å²) < 4.78 is 28.6. The van der Waals surface area contributed by atoms with Crippen molar-refractivity contribution in [3.63, 3.8) is 0 Å². The zero-order chi connectivity index (χ0) is 17.3. The Bertz CT molecular complexity index is 682. The van der Waals surface area contributed by atoms with Crippen LogP contribution in [0.5, 0.6) is 0 Å².